The summed E-state index contributed by atoms with van der Waals surface area (Å²) in [4.78, 5) is 0. The van der Waals surface area contributed by atoms with Gasteiger partial charge in [-0.2, -0.15) is 0 Å². The maximum atomic E-state index is 5.80. The third-order valence-electron chi connectivity index (χ3n) is 1.93. The Labute approximate surface area is 119 Å². The van der Waals surface area contributed by atoms with E-state index in [1.807, 2.05) is 42.5 Å². The molecule has 2 rings (SSSR count). The molecular weight excluding hydrogens is 400 g/mol. The summed E-state index contributed by atoms with van der Waals surface area (Å²) < 4.78 is 8.63. The standard InChI is InChI=1S/C12H7Br3O/c13-8-3-1-4-9(7-8)16-12-10(14)5-2-6-11(12)15/h1-7H. The fraction of sp³-hybridized carbons (Fsp3) is 0. The lowest BCUT2D eigenvalue weighted by molar-refractivity contribution is 0.476. The average molecular weight is 407 g/mol. The van der Waals surface area contributed by atoms with Gasteiger partial charge in [0.2, 0.25) is 0 Å². The van der Waals surface area contributed by atoms with E-state index in [0.29, 0.717) is 0 Å². The van der Waals surface area contributed by atoms with Crippen LogP contribution in [-0.4, -0.2) is 0 Å². The van der Waals surface area contributed by atoms with Crippen LogP contribution in [0.1, 0.15) is 0 Å². The number of rotatable bonds is 2. The molecule has 1 nitrogen and oxygen atoms in total. The Hall–Kier alpha value is -0.320. The van der Waals surface area contributed by atoms with Crippen LogP contribution in [0.3, 0.4) is 0 Å². The topological polar surface area (TPSA) is 9.23 Å². The van der Waals surface area contributed by atoms with Crippen molar-refractivity contribution in [2.75, 3.05) is 0 Å². The van der Waals surface area contributed by atoms with E-state index < -0.39 is 0 Å². The summed E-state index contributed by atoms with van der Waals surface area (Å²) in [5.74, 6) is 1.57. The van der Waals surface area contributed by atoms with E-state index in [0.717, 1.165) is 24.9 Å². The Morgan fingerprint density at radius 1 is 0.812 bits per heavy atom. The van der Waals surface area contributed by atoms with Crippen LogP contribution in [0, 0.1) is 0 Å². The molecular formula is C12H7Br3O. The number of halogens is 3. The molecule has 0 bridgehead atoms. The van der Waals surface area contributed by atoms with Gasteiger partial charge in [0.25, 0.3) is 0 Å². The molecule has 0 aliphatic carbocycles. The van der Waals surface area contributed by atoms with Crippen LogP contribution >= 0.6 is 47.8 Å². The van der Waals surface area contributed by atoms with Crippen LogP contribution in [0.2, 0.25) is 0 Å². The van der Waals surface area contributed by atoms with Gasteiger partial charge in [0.1, 0.15) is 5.75 Å². The van der Waals surface area contributed by atoms with Gasteiger partial charge in [0, 0.05) is 4.47 Å². The van der Waals surface area contributed by atoms with Gasteiger partial charge in [-0.25, -0.2) is 0 Å². The lowest BCUT2D eigenvalue weighted by Gasteiger charge is -2.09. The Kier molecular flexibility index (Phi) is 4.05. The fourth-order valence-electron chi connectivity index (χ4n) is 1.23. The number of ether oxygens (including phenoxy) is 1. The molecule has 16 heavy (non-hydrogen) atoms. The van der Waals surface area contributed by atoms with E-state index in [1.165, 1.54) is 0 Å². The smallest absolute Gasteiger partial charge is 0.155 e. The zero-order valence-corrected chi connectivity index (χ0v) is 12.8. The maximum Gasteiger partial charge on any atom is 0.155 e. The summed E-state index contributed by atoms with van der Waals surface area (Å²) in [6.45, 7) is 0. The zero-order chi connectivity index (χ0) is 11.5. The third kappa shape index (κ3) is 2.87. The number of benzene rings is 2. The molecule has 0 radical (unpaired) electrons. The van der Waals surface area contributed by atoms with Crippen LogP contribution in [0.5, 0.6) is 11.5 Å². The first-order valence-corrected chi connectivity index (χ1v) is 6.92. The highest BCUT2D eigenvalue weighted by Gasteiger charge is 2.07. The second-order valence-corrected chi connectivity index (χ2v) is 5.73. The summed E-state index contributed by atoms with van der Waals surface area (Å²) in [7, 11) is 0. The zero-order valence-electron chi connectivity index (χ0n) is 8.08. The third-order valence-corrected chi connectivity index (χ3v) is 3.68. The second-order valence-electron chi connectivity index (χ2n) is 3.11. The fourth-order valence-corrected chi connectivity index (χ4v) is 2.77. The minimum atomic E-state index is 0.778. The normalized spacial score (nSPS) is 10.2. The van der Waals surface area contributed by atoms with E-state index in [2.05, 4.69) is 47.8 Å². The molecule has 0 spiro atoms. The van der Waals surface area contributed by atoms with Crippen molar-refractivity contribution in [3.05, 3.63) is 55.9 Å². The predicted octanol–water partition coefficient (Wildman–Crippen LogP) is 5.77. The van der Waals surface area contributed by atoms with Crippen molar-refractivity contribution in [2.24, 2.45) is 0 Å². The van der Waals surface area contributed by atoms with Crippen molar-refractivity contribution in [1.29, 1.82) is 0 Å². The van der Waals surface area contributed by atoms with Crippen LogP contribution in [-0.2, 0) is 0 Å². The van der Waals surface area contributed by atoms with Gasteiger partial charge in [0.15, 0.2) is 5.75 Å². The largest absolute Gasteiger partial charge is 0.455 e. The number of para-hydroxylation sites is 1. The lowest BCUT2D eigenvalue weighted by Crippen LogP contribution is -1.86. The number of hydrogen-bond acceptors (Lipinski definition) is 1. The molecule has 0 aliphatic heterocycles. The molecule has 0 fully saturated rings. The Morgan fingerprint density at radius 3 is 2.06 bits per heavy atom. The molecule has 0 aromatic heterocycles. The van der Waals surface area contributed by atoms with Crippen molar-refractivity contribution < 1.29 is 4.74 Å². The van der Waals surface area contributed by atoms with Crippen LogP contribution < -0.4 is 4.74 Å². The van der Waals surface area contributed by atoms with Crippen molar-refractivity contribution >= 4 is 47.8 Å². The molecule has 0 saturated carbocycles. The Bertz CT molecular complexity index is 491. The highest BCUT2D eigenvalue weighted by Crippen LogP contribution is 2.36. The van der Waals surface area contributed by atoms with Gasteiger partial charge in [-0.1, -0.05) is 28.1 Å². The molecule has 0 aliphatic rings. The van der Waals surface area contributed by atoms with Gasteiger partial charge in [-0.15, -0.1) is 0 Å². The van der Waals surface area contributed by atoms with Gasteiger partial charge < -0.3 is 4.74 Å². The minimum Gasteiger partial charge on any atom is -0.455 e. The Morgan fingerprint density at radius 2 is 1.44 bits per heavy atom. The first-order valence-electron chi connectivity index (χ1n) is 4.54. The summed E-state index contributed by atoms with van der Waals surface area (Å²) >= 11 is 10.3. The monoisotopic (exact) mass is 404 g/mol. The van der Waals surface area contributed by atoms with Crippen LogP contribution in [0.4, 0.5) is 0 Å². The minimum absolute atomic E-state index is 0.778. The van der Waals surface area contributed by atoms with Gasteiger partial charge >= 0.3 is 0 Å². The van der Waals surface area contributed by atoms with E-state index in [9.17, 15) is 0 Å². The second kappa shape index (κ2) is 5.34. The van der Waals surface area contributed by atoms with E-state index in [-0.39, 0.29) is 0 Å². The van der Waals surface area contributed by atoms with Crippen molar-refractivity contribution in [2.45, 2.75) is 0 Å². The molecule has 2 aromatic carbocycles. The van der Waals surface area contributed by atoms with E-state index in [1.54, 1.807) is 0 Å². The molecule has 2 aromatic rings. The SMILES string of the molecule is Brc1cccc(Oc2c(Br)cccc2Br)c1. The molecule has 0 amide bonds. The molecule has 0 unspecified atom stereocenters. The summed E-state index contributed by atoms with van der Waals surface area (Å²) in [5, 5.41) is 0. The highest BCUT2D eigenvalue weighted by atomic mass is 79.9. The maximum absolute atomic E-state index is 5.80. The van der Waals surface area contributed by atoms with Gasteiger partial charge in [-0.3, -0.25) is 0 Å². The molecule has 0 atom stereocenters. The van der Waals surface area contributed by atoms with Crippen molar-refractivity contribution in [3.8, 4) is 11.5 Å². The average Bonchev–Trinajstić information content (AvgIpc) is 2.24. The van der Waals surface area contributed by atoms with Crippen molar-refractivity contribution in [1.82, 2.24) is 0 Å². The van der Waals surface area contributed by atoms with E-state index >= 15 is 0 Å². The lowest BCUT2D eigenvalue weighted by atomic mass is 10.3. The van der Waals surface area contributed by atoms with Gasteiger partial charge in [0.05, 0.1) is 8.95 Å². The summed E-state index contributed by atoms with van der Waals surface area (Å²) in [5.41, 5.74) is 0. The number of hydrogen-bond donors (Lipinski definition) is 0. The highest BCUT2D eigenvalue weighted by molar-refractivity contribution is 9.11. The molecule has 4 heteroatoms. The quantitative estimate of drug-likeness (QED) is 0.615. The first-order chi connectivity index (χ1) is 7.66. The van der Waals surface area contributed by atoms with Crippen LogP contribution in [0.25, 0.3) is 0 Å². The first kappa shape index (κ1) is 12.1. The van der Waals surface area contributed by atoms with Crippen molar-refractivity contribution in [3.63, 3.8) is 0 Å². The van der Waals surface area contributed by atoms with E-state index in [4.69, 9.17) is 4.74 Å². The van der Waals surface area contributed by atoms with Gasteiger partial charge in [-0.05, 0) is 62.2 Å². The molecule has 82 valence electrons. The summed E-state index contributed by atoms with van der Waals surface area (Å²) in [6.07, 6.45) is 0. The molecule has 0 saturated heterocycles. The molecule has 0 N–H and O–H groups in total. The van der Waals surface area contributed by atoms with Crippen LogP contribution in [0.15, 0.2) is 55.9 Å². The molecule has 0 heterocycles. The predicted molar refractivity (Wildman–Crippen MR) is 76.1 cm³/mol. The Balaban J connectivity index is 2.34. The summed E-state index contributed by atoms with van der Waals surface area (Å²) in [6, 6.07) is 13.6.